The number of hydrogen-bond donors (Lipinski definition) is 1. The van der Waals surface area contributed by atoms with Gasteiger partial charge in [0.15, 0.2) is 6.61 Å². The van der Waals surface area contributed by atoms with Gasteiger partial charge in [0.05, 0.1) is 0 Å². The zero-order valence-electron chi connectivity index (χ0n) is 18.7. The monoisotopic (exact) mass is 464 g/mol. The zero-order chi connectivity index (χ0) is 23.1. The fourth-order valence-electron chi connectivity index (χ4n) is 3.07. The Morgan fingerprint density at radius 3 is 2.29 bits per heavy atom. The third-order valence-corrected chi connectivity index (χ3v) is 5.63. The van der Waals surface area contributed by atoms with Crippen LogP contribution in [0.15, 0.2) is 36.4 Å². The van der Waals surface area contributed by atoms with Gasteiger partial charge in [-0.2, -0.15) is 0 Å². The largest absolute Gasteiger partial charge is 0.483 e. The average molecular weight is 465 g/mol. The van der Waals surface area contributed by atoms with Crippen LogP contribution >= 0.6 is 23.2 Å². The third kappa shape index (κ3) is 7.15. The first kappa shape index (κ1) is 25.0. The van der Waals surface area contributed by atoms with E-state index >= 15 is 0 Å². The number of benzene rings is 2. The maximum atomic E-state index is 13.1. The van der Waals surface area contributed by atoms with E-state index in [1.807, 2.05) is 45.9 Å². The van der Waals surface area contributed by atoms with Gasteiger partial charge in [0.2, 0.25) is 5.91 Å². The van der Waals surface area contributed by atoms with Crippen LogP contribution in [-0.2, 0) is 16.1 Å². The molecule has 0 heterocycles. The Morgan fingerprint density at radius 2 is 1.71 bits per heavy atom. The number of rotatable bonds is 9. The minimum Gasteiger partial charge on any atom is -0.483 e. The Morgan fingerprint density at radius 1 is 1.06 bits per heavy atom. The minimum atomic E-state index is -0.721. The lowest BCUT2D eigenvalue weighted by atomic mass is 10.1. The molecule has 0 bridgehead atoms. The number of hydrogen-bond acceptors (Lipinski definition) is 3. The van der Waals surface area contributed by atoms with Gasteiger partial charge in [-0.1, -0.05) is 60.8 Å². The van der Waals surface area contributed by atoms with Crippen molar-refractivity contribution in [3.63, 3.8) is 0 Å². The normalized spacial score (nSPS) is 11.9. The average Bonchev–Trinajstić information content (AvgIpc) is 2.70. The molecule has 0 aliphatic rings. The van der Waals surface area contributed by atoms with Crippen molar-refractivity contribution < 1.29 is 14.3 Å². The molecule has 1 N–H and O–H groups in total. The topological polar surface area (TPSA) is 58.6 Å². The molecule has 0 unspecified atom stereocenters. The van der Waals surface area contributed by atoms with E-state index in [-0.39, 0.29) is 25.0 Å². The Balaban J connectivity index is 2.22. The highest BCUT2D eigenvalue weighted by Crippen LogP contribution is 2.27. The van der Waals surface area contributed by atoms with Gasteiger partial charge in [0, 0.05) is 28.7 Å². The highest BCUT2D eigenvalue weighted by molar-refractivity contribution is 6.36. The van der Waals surface area contributed by atoms with Crippen molar-refractivity contribution in [3.8, 4) is 5.75 Å². The molecule has 2 rings (SSSR count). The van der Waals surface area contributed by atoms with Crippen LogP contribution in [0.4, 0.5) is 0 Å². The van der Waals surface area contributed by atoms with E-state index in [4.69, 9.17) is 27.9 Å². The predicted molar refractivity (Wildman–Crippen MR) is 126 cm³/mol. The quantitative estimate of drug-likeness (QED) is 0.555. The van der Waals surface area contributed by atoms with E-state index in [9.17, 15) is 9.59 Å². The first-order chi connectivity index (χ1) is 14.6. The fourth-order valence-corrected chi connectivity index (χ4v) is 3.59. The summed E-state index contributed by atoms with van der Waals surface area (Å²) in [6.07, 6.45) is 0. The number of carbonyl (C=O) groups excluding carboxylic acids is 2. The van der Waals surface area contributed by atoms with E-state index in [0.29, 0.717) is 33.8 Å². The molecule has 2 aromatic carbocycles. The molecule has 0 aromatic heterocycles. The molecule has 0 spiro atoms. The van der Waals surface area contributed by atoms with Crippen LogP contribution < -0.4 is 10.1 Å². The Bertz CT molecular complexity index is 911. The van der Waals surface area contributed by atoms with Crippen molar-refractivity contribution in [1.82, 2.24) is 10.2 Å². The van der Waals surface area contributed by atoms with Gasteiger partial charge in [-0.05, 0) is 50.5 Å². The molecular formula is C24H30Cl2N2O3. The van der Waals surface area contributed by atoms with Crippen LogP contribution in [0.5, 0.6) is 5.75 Å². The van der Waals surface area contributed by atoms with Crippen molar-refractivity contribution in [2.45, 2.75) is 47.2 Å². The number of amides is 2. The number of carbonyl (C=O) groups is 2. The highest BCUT2D eigenvalue weighted by atomic mass is 35.5. The molecule has 0 radical (unpaired) electrons. The molecule has 2 amide bonds. The van der Waals surface area contributed by atoms with Crippen molar-refractivity contribution >= 4 is 35.0 Å². The summed E-state index contributed by atoms with van der Waals surface area (Å²) in [7, 11) is 0. The van der Waals surface area contributed by atoms with E-state index in [2.05, 4.69) is 5.32 Å². The molecule has 0 fully saturated rings. The lowest BCUT2D eigenvalue weighted by Gasteiger charge is -2.29. The molecule has 0 aliphatic heterocycles. The molecule has 0 saturated heterocycles. The van der Waals surface area contributed by atoms with E-state index in [1.165, 1.54) is 4.90 Å². The number of halogens is 2. The van der Waals surface area contributed by atoms with E-state index < -0.39 is 6.04 Å². The van der Waals surface area contributed by atoms with Gasteiger partial charge in [-0.3, -0.25) is 9.59 Å². The summed E-state index contributed by atoms with van der Waals surface area (Å²) in [6, 6.07) is 10.2. The standard InChI is InChI=1S/C24H30Cl2N2O3/c1-15(2)12-27-24(30)18(5)28(13-19-20(25)7-6-8-21(19)26)23(29)14-31-22-10-9-16(3)11-17(22)4/h6-11,15,18H,12-14H2,1-5H3,(H,27,30)/t18-/m1/s1. The van der Waals surface area contributed by atoms with Crippen LogP contribution in [0, 0.1) is 19.8 Å². The Hall–Kier alpha value is -2.24. The van der Waals surface area contributed by atoms with Gasteiger partial charge in [0.1, 0.15) is 11.8 Å². The summed E-state index contributed by atoms with van der Waals surface area (Å²) in [5, 5.41) is 3.76. The molecule has 0 aliphatic carbocycles. The first-order valence-electron chi connectivity index (χ1n) is 10.3. The van der Waals surface area contributed by atoms with Crippen LogP contribution in [0.3, 0.4) is 0 Å². The summed E-state index contributed by atoms with van der Waals surface area (Å²) in [4.78, 5) is 27.3. The highest BCUT2D eigenvalue weighted by Gasteiger charge is 2.28. The van der Waals surface area contributed by atoms with Gasteiger partial charge in [-0.25, -0.2) is 0 Å². The summed E-state index contributed by atoms with van der Waals surface area (Å²) in [5.74, 6) is 0.359. The molecule has 2 aromatic rings. The molecule has 0 saturated carbocycles. The maximum Gasteiger partial charge on any atom is 0.261 e. The summed E-state index contributed by atoms with van der Waals surface area (Å²) in [5.41, 5.74) is 2.65. The second-order valence-electron chi connectivity index (χ2n) is 8.09. The molecule has 1 atom stereocenters. The van der Waals surface area contributed by atoms with Crippen LogP contribution in [-0.4, -0.2) is 35.9 Å². The second kappa shape index (κ2) is 11.4. The first-order valence-corrected chi connectivity index (χ1v) is 11.1. The summed E-state index contributed by atoms with van der Waals surface area (Å²) < 4.78 is 5.77. The SMILES string of the molecule is Cc1ccc(OCC(=O)N(Cc2c(Cl)cccc2Cl)[C@H](C)C(=O)NCC(C)C)c(C)c1. The zero-order valence-corrected chi connectivity index (χ0v) is 20.2. The number of ether oxygens (including phenoxy) is 1. The summed E-state index contributed by atoms with van der Waals surface area (Å²) >= 11 is 12.6. The number of nitrogens with one attached hydrogen (secondary N) is 1. The Labute approximate surface area is 194 Å². The van der Waals surface area contributed by atoms with Crippen LogP contribution in [0.1, 0.15) is 37.5 Å². The van der Waals surface area contributed by atoms with E-state index in [0.717, 1.165) is 11.1 Å². The number of nitrogens with zero attached hydrogens (tertiary/aromatic N) is 1. The second-order valence-corrected chi connectivity index (χ2v) is 8.91. The van der Waals surface area contributed by atoms with Gasteiger partial charge >= 0.3 is 0 Å². The van der Waals surface area contributed by atoms with Crippen LogP contribution in [0.25, 0.3) is 0 Å². The smallest absolute Gasteiger partial charge is 0.261 e. The van der Waals surface area contributed by atoms with Gasteiger partial charge in [-0.15, -0.1) is 0 Å². The number of aryl methyl sites for hydroxylation is 2. The summed E-state index contributed by atoms with van der Waals surface area (Å²) in [6.45, 7) is 10.1. The van der Waals surface area contributed by atoms with Gasteiger partial charge < -0.3 is 15.0 Å². The van der Waals surface area contributed by atoms with Crippen molar-refractivity contribution in [1.29, 1.82) is 0 Å². The molecule has 31 heavy (non-hydrogen) atoms. The maximum absolute atomic E-state index is 13.1. The molecule has 168 valence electrons. The molecule has 5 nitrogen and oxygen atoms in total. The lowest BCUT2D eigenvalue weighted by molar-refractivity contribution is -0.142. The van der Waals surface area contributed by atoms with Crippen molar-refractivity contribution in [2.24, 2.45) is 5.92 Å². The van der Waals surface area contributed by atoms with Gasteiger partial charge in [0.25, 0.3) is 5.91 Å². The lowest BCUT2D eigenvalue weighted by Crippen LogP contribution is -2.49. The van der Waals surface area contributed by atoms with Crippen LogP contribution in [0.2, 0.25) is 10.0 Å². The van der Waals surface area contributed by atoms with Crippen molar-refractivity contribution in [3.05, 3.63) is 63.1 Å². The third-order valence-electron chi connectivity index (χ3n) is 4.92. The van der Waals surface area contributed by atoms with Crippen molar-refractivity contribution in [2.75, 3.05) is 13.2 Å². The van der Waals surface area contributed by atoms with E-state index in [1.54, 1.807) is 25.1 Å². The minimum absolute atomic E-state index is 0.101. The fraction of sp³-hybridized carbons (Fsp3) is 0.417. The predicted octanol–water partition coefficient (Wildman–Crippen LogP) is 5.18. The molecular weight excluding hydrogens is 435 g/mol. The molecule has 7 heteroatoms. The Kier molecular flexibility index (Phi) is 9.20.